The topological polar surface area (TPSA) is 67.6 Å². The molecule has 3 N–H and O–H groups in total. The largest absolute Gasteiger partial charge is 0.343 e. The first-order valence-electron chi connectivity index (χ1n) is 8.30. The van der Waals surface area contributed by atoms with Gasteiger partial charge in [-0.2, -0.15) is 0 Å². The Balaban J connectivity index is 2.04. The van der Waals surface area contributed by atoms with Gasteiger partial charge in [0, 0.05) is 33.3 Å². The van der Waals surface area contributed by atoms with Gasteiger partial charge in [-0.05, 0) is 41.8 Å². The van der Waals surface area contributed by atoms with E-state index in [0.717, 1.165) is 21.4 Å². The molecule has 0 aliphatic heterocycles. The molecular weight excluding hydrogens is 387 g/mol. The fraction of sp³-hybridized carbons (Fsp3) is 0.263. The van der Waals surface area contributed by atoms with Gasteiger partial charge in [0.05, 0.1) is 12.2 Å². The molecule has 0 spiro atoms. The number of imidazole rings is 1. The molecule has 0 saturated heterocycles. The van der Waals surface area contributed by atoms with Crippen LogP contribution in [0.15, 0.2) is 52.6 Å². The standard InChI is InChI=1S/C19H20Cl2N4S/c1-11(2)17(12-3-5-23-6-4-12)18-19(25-16(10-22)24-18)26-15-8-13(20)7-14(21)9-15/h3-9,11,17H,10,22H2,1-2H3,(H,24,25). The Morgan fingerprint density at radius 3 is 2.35 bits per heavy atom. The molecule has 26 heavy (non-hydrogen) atoms. The second-order valence-corrected chi connectivity index (χ2v) is 8.25. The maximum atomic E-state index is 6.14. The van der Waals surface area contributed by atoms with Crippen molar-refractivity contribution in [2.24, 2.45) is 11.7 Å². The van der Waals surface area contributed by atoms with Gasteiger partial charge in [-0.15, -0.1) is 0 Å². The normalized spacial score (nSPS) is 12.5. The first-order chi connectivity index (χ1) is 12.5. The summed E-state index contributed by atoms with van der Waals surface area (Å²) in [4.78, 5) is 13.2. The molecule has 1 aromatic carbocycles. The summed E-state index contributed by atoms with van der Waals surface area (Å²) in [6, 6.07) is 9.57. The molecule has 4 nitrogen and oxygen atoms in total. The molecule has 3 rings (SSSR count). The maximum Gasteiger partial charge on any atom is 0.123 e. The summed E-state index contributed by atoms with van der Waals surface area (Å²) in [6.07, 6.45) is 3.63. The van der Waals surface area contributed by atoms with Crippen LogP contribution in [0, 0.1) is 5.92 Å². The Morgan fingerprint density at radius 1 is 1.12 bits per heavy atom. The molecule has 1 atom stereocenters. The van der Waals surface area contributed by atoms with E-state index < -0.39 is 0 Å². The van der Waals surface area contributed by atoms with E-state index in [1.165, 1.54) is 17.3 Å². The predicted octanol–water partition coefficient (Wildman–Crippen LogP) is 5.51. The number of pyridine rings is 1. The van der Waals surface area contributed by atoms with Gasteiger partial charge in [-0.1, -0.05) is 48.8 Å². The van der Waals surface area contributed by atoms with Gasteiger partial charge in [0.15, 0.2) is 0 Å². The molecule has 2 aromatic heterocycles. The zero-order chi connectivity index (χ0) is 18.7. The van der Waals surface area contributed by atoms with Crippen molar-refractivity contribution in [2.75, 3.05) is 0 Å². The average Bonchev–Trinajstić information content (AvgIpc) is 2.97. The van der Waals surface area contributed by atoms with E-state index >= 15 is 0 Å². The molecule has 0 aliphatic rings. The highest BCUT2D eigenvalue weighted by molar-refractivity contribution is 7.99. The molecule has 7 heteroatoms. The summed E-state index contributed by atoms with van der Waals surface area (Å²) >= 11 is 13.8. The van der Waals surface area contributed by atoms with Gasteiger partial charge in [-0.25, -0.2) is 4.98 Å². The van der Waals surface area contributed by atoms with Crippen molar-refractivity contribution in [1.29, 1.82) is 0 Å². The van der Waals surface area contributed by atoms with Gasteiger partial charge < -0.3 is 10.7 Å². The second kappa shape index (κ2) is 8.44. The molecule has 136 valence electrons. The first-order valence-corrected chi connectivity index (χ1v) is 9.88. The van der Waals surface area contributed by atoms with Gasteiger partial charge in [-0.3, -0.25) is 4.98 Å². The van der Waals surface area contributed by atoms with Crippen molar-refractivity contribution >= 4 is 35.0 Å². The van der Waals surface area contributed by atoms with E-state index in [0.29, 0.717) is 22.5 Å². The van der Waals surface area contributed by atoms with Crippen LogP contribution in [-0.2, 0) is 6.54 Å². The number of nitrogens with two attached hydrogens (primary N) is 1. The lowest BCUT2D eigenvalue weighted by Gasteiger charge is -2.21. The summed E-state index contributed by atoms with van der Waals surface area (Å²) in [5.74, 6) is 1.28. The van der Waals surface area contributed by atoms with Gasteiger partial charge in [0.2, 0.25) is 0 Å². The van der Waals surface area contributed by atoms with Crippen molar-refractivity contribution in [2.45, 2.75) is 36.2 Å². The number of rotatable bonds is 6. The van der Waals surface area contributed by atoms with E-state index in [4.69, 9.17) is 33.9 Å². The summed E-state index contributed by atoms with van der Waals surface area (Å²) in [5.41, 5.74) is 8.07. The van der Waals surface area contributed by atoms with Crippen LogP contribution in [0.1, 0.15) is 36.8 Å². The Hall–Kier alpha value is -1.53. The Kier molecular flexibility index (Phi) is 6.24. The van der Waals surface area contributed by atoms with Crippen LogP contribution in [-0.4, -0.2) is 15.0 Å². The van der Waals surface area contributed by atoms with Gasteiger partial charge in [0.1, 0.15) is 10.9 Å². The molecule has 0 radical (unpaired) electrons. The number of aromatic nitrogens is 3. The summed E-state index contributed by atoms with van der Waals surface area (Å²) in [6.45, 7) is 4.74. The molecule has 0 saturated carbocycles. The summed E-state index contributed by atoms with van der Waals surface area (Å²) in [7, 11) is 0. The minimum atomic E-state index is 0.156. The number of H-pyrrole nitrogens is 1. The number of hydrogen-bond donors (Lipinski definition) is 2. The van der Waals surface area contributed by atoms with E-state index in [-0.39, 0.29) is 5.92 Å². The first kappa shape index (κ1) is 19.2. The smallest absolute Gasteiger partial charge is 0.123 e. The van der Waals surface area contributed by atoms with Crippen molar-refractivity contribution in [3.05, 3.63) is 69.9 Å². The van der Waals surface area contributed by atoms with E-state index in [2.05, 4.69) is 23.8 Å². The van der Waals surface area contributed by atoms with E-state index in [1.807, 2.05) is 36.7 Å². The Bertz CT molecular complexity index is 860. The SMILES string of the molecule is CC(C)C(c1ccncc1)c1[nH]c(CN)nc1Sc1cc(Cl)cc(Cl)c1. The fourth-order valence-corrected chi connectivity index (χ4v) is 4.65. The molecule has 0 amide bonds. The van der Waals surface area contributed by atoms with Gasteiger partial charge in [0.25, 0.3) is 0 Å². The summed E-state index contributed by atoms with van der Waals surface area (Å²) in [5, 5.41) is 2.09. The lowest BCUT2D eigenvalue weighted by Crippen LogP contribution is -2.10. The Labute approximate surface area is 167 Å². The van der Waals surface area contributed by atoms with Crippen LogP contribution in [0.5, 0.6) is 0 Å². The highest BCUT2D eigenvalue weighted by Gasteiger charge is 2.25. The van der Waals surface area contributed by atoms with Crippen LogP contribution in [0.25, 0.3) is 0 Å². The third-order valence-corrected chi connectivity index (χ3v) is 5.45. The molecule has 1 unspecified atom stereocenters. The molecule has 0 aliphatic carbocycles. The van der Waals surface area contributed by atoms with Crippen molar-refractivity contribution < 1.29 is 0 Å². The molecule has 2 heterocycles. The summed E-state index contributed by atoms with van der Waals surface area (Å²) < 4.78 is 0. The Morgan fingerprint density at radius 2 is 1.77 bits per heavy atom. The fourth-order valence-electron chi connectivity index (χ4n) is 2.96. The number of nitrogens with zero attached hydrogens (tertiary/aromatic N) is 2. The highest BCUT2D eigenvalue weighted by atomic mass is 35.5. The molecular formula is C19H20Cl2N4S. The zero-order valence-corrected chi connectivity index (χ0v) is 16.9. The maximum absolute atomic E-state index is 6.14. The molecule has 0 fully saturated rings. The molecule has 3 aromatic rings. The van der Waals surface area contributed by atoms with Crippen LogP contribution >= 0.6 is 35.0 Å². The minimum Gasteiger partial charge on any atom is -0.343 e. The minimum absolute atomic E-state index is 0.156. The number of aromatic amines is 1. The lowest BCUT2D eigenvalue weighted by atomic mass is 9.86. The van der Waals surface area contributed by atoms with Crippen molar-refractivity contribution in [3.63, 3.8) is 0 Å². The lowest BCUT2D eigenvalue weighted by molar-refractivity contribution is 0.545. The van der Waals surface area contributed by atoms with E-state index in [1.54, 1.807) is 6.07 Å². The van der Waals surface area contributed by atoms with Crippen LogP contribution in [0.3, 0.4) is 0 Å². The third-order valence-electron chi connectivity index (χ3n) is 4.03. The predicted molar refractivity (Wildman–Crippen MR) is 108 cm³/mol. The third kappa shape index (κ3) is 4.41. The van der Waals surface area contributed by atoms with Gasteiger partial charge >= 0.3 is 0 Å². The van der Waals surface area contributed by atoms with Crippen LogP contribution < -0.4 is 5.73 Å². The second-order valence-electron chi connectivity index (χ2n) is 6.32. The van der Waals surface area contributed by atoms with E-state index in [9.17, 15) is 0 Å². The molecule has 0 bridgehead atoms. The van der Waals surface area contributed by atoms with Crippen LogP contribution in [0.4, 0.5) is 0 Å². The number of hydrogen-bond acceptors (Lipinski definition) is 4. The zero-order valence-electron chi connectivity index (χ0n) is 14.5. The number of benzene rings is 1. The van der Waals surface area contributed by atoms with Crippen LogP contribution in [0.2, 0.25) is 10.0 Å². The monoisotopic (exact) mass is 406 g/mol. The number of halogens is 2. The quantitative estimate of drug-likeness (QED) is 0.566. The number of nitrogens with one attached hydrogen (secondary N) is 1. The van der Waals surface area contributed by atoms with Crippen molar-refractivity contribution in [1.82, 2.24) is 15.0 Å². The highest BCUT2D eigenvalue weighted by Crippen LogP contribution is 2.39. The van der Waals surface area contributed by atoms with Crippen molar-refractivity contribution in [3.8, 4) is 0 Å². The average molecular weight is 407 g/mol.